The Morgan fingerprint density at radius 3 is 2.53 bits per heavy atom. The number of aryl methyl sites for hydroxylation is 1. The molecule has 2 aromatic heterocycles. The van der Waals surface area contributed by atoms with Crippen LogP contribution < -0.4 is 20.3 Å². The first-order chi connectivity index (χ1) is 18.0. The number of piperazine rings is 1. The average Bonchev–Trinajstić information content (AvgIpc) is 3.19. The Morgan fingerprint density at radius 1 is 1.05 bits per heavy atom. The first-order valence-electron chi connectivity index (χ1n) is 12.5. The Morgan fingerprint density at radius 2 is 1.82 bits per heavy atom. The molecule has 0 bridgehead atoms. The lowest BCUT2D eigenvalue weighted by Gasteiger charge is -2.29. The first kappa shape index (κ1) is 25.9. The topological polar surface area (TPSA) is 104 Å². The fourth-order valence-corrected chi connectivity index (χ4v) is 5.06. The highest BCUT2D eigenvalue weighted by molar-refractivity contribution is 7.94. The summed E-state index contributed by atoms with van der Waals surface area (Å²) in [6.07, 6.45) is 3.66. The summed E-state index contributed by atoms with van der Waals surface area (Å²) < 4.78 is 43.8. The second kappa shape index (κ2) is 9.88. The highest BCUT2D eigenvalue weighted by atomic mass is 32.2. The van der Waals surface area contributed by atoms with Gasteiger partial charge in [0, 0.05) is 55.3 Å². The van der Waals surface area contributed by atoms with Crippen LogP contribution >= 0.6 is 0 Å². The Bertz CT molecular complexity index is 1590. The molecule has 5 rings (SSSR count). The van der Waals surface area contributed by atoms with Gasteiger partial charge < -0.3 is 20.1 Å². The molecule has 0 spiro atoms. The lowest BCUT2D eigenvalue weighted by Crippen LogP contribution is -2.43. The Balaban J connectivity index is 1.44. The molecule has 0 aliphatic carbocycles. The van der Waals surface area contributed by atoms with E-state index in [1.54, 1.807) is 51.2 Å². The van der Waals surface area contributed by atoms with Crippen LogP contribution in [0, 0.1) is 12.7 Å². The van der Waals surface area contributed by atoms with E-state index in [4.69, 9.17) is 4.98 Å². The molecule has 9 nitrogen and oxygen atoms in total. The Hall–Kier alpha value is -3.70. The molecular weight excluding hydrogens is 505 g/mol. The van der Waals surface area contributed by atoms with Crippen molar-refractivity contribution in [3.05, 3.63) is 66.2 Å². The number of hydrogen-bond donors (Lipinski definition) is 3. The molecule has 3 heterocycles. The van der Waals surface area contributed by atoms with Crippen LogP contribution in [0.1, 0.15) is 26.3 Å². The van der Waals surface area contributed by atoms with Crippen LogP contribution in [-0.2, 0) is 10.0 Å². The lowest BCUT2D eigenvalue weighted by molar-refractivity contribution is 0.566. The van der Waals surface area contributed by atoms with E-state index in [1.165, 1.54) is 6.07 Å². The molecule has 11 heteroatoms. The third kappa shape index (κ3) is 5.16. The highest BCUT2D eigenvalue weighted by Gasteiger charge is 2.29. The van der Waals surface area contributed by atoms with Crippen molar-refractivity contribution in [2.75, 3.05) is 41.1 Å². The summed E-state index contributed by atoms with van der Waals surface area (Å²) in [6, 6.07) is 12.2. The van der Waals surface area contributed by atoms with Crippen molar-refractivity contribution >= 4 is 44.1 Å². The predicted octanol–water partition coefficient (Wildman–Crippen LogP) is 4.56. The fourth-order valence-electron chi connectivity index (χ4n) is 4.32. The predicted molar refractivity (Wildman–Crippen MR) is 151 cm³/mol. The number of rotatable bonds is 6. The van der Waals surface area contributed by atoms with Crippen molar-refractivity contribution in [3.63, 3.8) is 0 Å². The number of aromatic nitrogens is 3. The van der Waals surface area contributed by atoms with Gasteiger partial charge in [-0.2, -0.15) is 4.98 Å². The maximum Gasteiger partial charge on any atom is 0.237 e. The molecule has 0 amide bonds. The molecular formula is C27H32FN7O2S. The number of nitrogens with one attached hydrogen (secondary N) is 3. The lowest BCUT2D eigenvalue weighted by atomic mass is 10.2. The molecule has 0 unspecified atom stereocenters. The standard InChI is InChI=1S/C27H32FN7O2S/c1-18-17-35(21-7-5-6-20(14-21)33-38(36,37)27(2,3)4)25-22(18)16-30-26(32-25)31-19-8-9-24(23(28)15-19)34-12-10-29-11-13-34/h5-9,14-17,29,33H,10-13H2,1-4H3,(H,30,31,32). The van der Waals surface area contributed by atoms with Gasteiger partial charge in [-0.3, -0.25) is 4.72 Å². The number of hydrogen-bond acceptors (Lipinski definition) is 7. The average molecular weight is 538 g/mol. The maximum absolute atomic E-state index is 14.9. The minimum Gasteiger partial charge on any atom is -0.367 e. The van der Waals surface area contributed by atoms with Gasteiger partial charge in [0.05, 0.1) is 16.1 Å². The van der Waals surface area contributed by atoms with Gasteiger partial charge >= 0.3 is 0 Å². The van der Waals surface area contributed by atoms with Crippen LogP contribution in [0.3, 0.4) is 0 Å². The van der Waals surface area contributed by atoms with Crippen LogP contribution in [0.5, 0.6) is 0 Å². The number of halogens is 1. The van der Waals surface area contributed by atoms with Gasteiger partial charge in [-0.05, 0) is 69.7 Å². The molecule has 200 valence electrons. The Labute approximate surface area is 222 Å². The summed E-state index contributed by atoms with van der Waals surface area (Å²) in [6.45, 7) is 10.1. The summed E-state index contributed by atoms with van der Waals surface area (Å²) in [7, 11) is -3.57. The van der Waals surface area contributed by atoms with E-state index in [0.717, 1.165) is 42.8 Å². The van der Waals surface area contributed by atoms with Crippen LogP contribution in [-0.4, -0.2) is 53.9 Å². The van der Waals surface area contributed by atoms with Crippen LogP contribution in [0.2, 0.25) is 0 Å². The van der Waals surface area contributed by atoms with Gasteiger partial charge in [0.2, 0.25) is 16.0 Å². The van der Waals surface area contributed by atoms with Crippen molar-refractivity contribution in [2.45, 2.75) is 32.4 Å². The minimum atomic E-state index is -3.57. The maximum atomic E-state index is 14.9. The van der Waals surface area contributed by atoms with Gasteiger partial charge in [0.15, 0.2) is 0 Å². The number of anilines is 4. The second-order valence-electron chi connectivity index (χ2n) is 10.4. The second-order valence-corrected chi connectivity index (χ2v) is 12.8. The molecule has 1 aliphatic rings. The van der Waals surface area contributed by atoms with Gasteiger partial charge in [-0.15, -0.1) is 0 Å². The quantitative estimate of drug-likeness (QED) is 0.331. The molecule has 0 saturated carbocycles. The number of sulfonamides is 1. The molecule has 1 aliphatic heterocycles. The minimum absolute atomic E-state index is 0.299. The zero-order valence-electron chi connectivity index (χ0n) is 21.9. The molecule has 3 N–H and O–H groups in total. The number of nitrogens with zero attached hydrogens (tertiary/aromatic N) is 4. The normalized spacial score (nSPS) is 14.6. The van der Waals surface area contributed by atoms with Crippen LogP contribution in [0.25, 0.3) is 16.7 Å². The van der Waals surface area contributed by atoms with Crippen molar-refractivity contribution in [1.82, 2.24) is 19.9 Å². The zero-order chi connectivity index (χ0) is 27.1. The summed E-state index contributed by atoms with van der Waals surface area (Å²) in [5.74, 6) is 0.0301. The third-order valence-corrected chi connectivity index (χ3v) is 8.71. The van der Waals surface area contributed by atoms with Crippen LogP contribution in [0.4, 0.5) is 27.4 Å². The first-order valence-corrected chi connectivity index (χ1v) is 14.0. The zero-order valence-corrected chi connectivity index (χ0v) is 22.7. The van der Waals surface area contributed by atoms with E-state index in [2.05, 4.69) is 20.3 Å². The van der Waals surface area contributed by atoms with Gasteiger partial charge in [0.25, 0.3) is 0 Å². The number of benzene rings is 2. The molecule has 0 atom stereocenters. The molecule has 38 heavy (non-hydrogen) atoms. The van der Waals surface area contributed by atoms with Gasteiger partial charge in [0.1, 0.15) is 11.5 Å². The summed E-state index contributed by atoms with van der Waals surface area (Å²) in [4.78, 5) is 11.2. The number of fused-ring (bicyclic) bond motifs is 1. The van der Waals surface area contributed by atoms with E-state index in [0.29, 0.717) is 28.7 Å². The summed E-state index contributed by atoms with van der Waals surface area (Å²) in [5.41, 5.74) is 3.96. The van der Waals surface area contributed by atoms with E-state index >= 15 is 0 Å². The third-order valence-electron chi connectivity index (χ3n) is 6.59. The van der Waals surface area contributed by atoms with E-state index in [9.17, 15) is 12.8 Å². The van der Waals surface area contributed by atoms with E-state index in [-0.39, 0.29) is 5.82 Å². The van der Waals surface area contributed by atoms with Crippen molar-refractivity contribution < 1.29 is 12.8 Å². The van der Waals surface area contributed by atoms with Crippen LogP contribution in [0.15, 0.2) is 54.9 Å². The monoisotopic (exact) mass is 537 g/mol. The van der Waals surface area contributed by atoms with Crippen molar-refractivity contribution in [1.29, 1.82) is 0 Å². The summed E-state index contributed by atoms with van der Waals surface area (Å²) in [5, 5.41) is 7.25. The molecule has 1 fully saturated rings. The fraction of sp³-hybridized carbons (Fsp3) is 0.333. The highest BCUT2D eigenvalue weighted by Crippen LogP contribution is 2.28. The van der Waals surface area contributed by atoms with E-state index in [1.807, 2.05) is 34.7 Å². The van der Waals surface area contributed by atoms with Crippen molar-refractivity contribution in [2.24, 2.45) is 0 Å². The smallest absolute Gasteiger partial charge is 0.237 e. The Kier molecular flexibility index (Phi) is 6.74. The summed E-state index contributed by atoms with van der Waals surface area (Å²) >= 11 is 0. The molecule has 1 saturated heterocycles. The van der Waals surface area contributed by atoms with Gasteiger partial charge in [-0.25, -0.2) is 17.8 Å². The van der Waals surface area contributed by atoms with Gasteiger partial charge in [-0.1, -0.05) is 6.07 Å². The molecule has 0 radical (unpaired) electrons. The largest absolute Gasteiger partial charge is 0.367 e. The van der Waals surface area contributed by atoms with E-state index < -0.39 is 14.8 Å². The molecule has 4 aromatic rings. The van der Waals surface area contributed by atoms with Crippen molar-refractivity contribution in [3.8, 4) is 5.69 Å². The molecule has 2 aromatic carbocycles. The SMILES string of the molecule is Cc1cn(-c2cccc(NS(=O)(=O)C(C)(C)C)c2)c2nc(Nc3ccc(N4CCNCC4)c(F)c3)ncc12.